The largest absolute Gasteiger partial charge is 0.300 e. The first-order valence-electron chi connectivity index (χ1n) is 5.14. The normalized spacial score (nSPS) is 26.9. The van der Waals surface area contributed by atoms with Crippen LogP contribution in [0.1, 0.15) is 32.0 Å². The highest BCUT2D eigenvalue weighted by Crippen LogP contribution is 2.36. The lowest BCUT2D eigenvalue weighted by atomic mass is 9.89. The van der Waals surface area contributed by atoms with Gasteiger partial charge in [-0.05, 0) is 30.8 Å². The lowest BCUT2D eigenvalue weighted by Gasteiger charge is -2.26. The maximum atomic E-state index is 11.4. The number of nitrogens with zero attached hydrogens (tertiary/aromatic N) is 2. The molecule has 1 heterocycles. The number of thioether (sulfide) groups is 1. The van der Waals surface area contributed by atoms with Crippen molar-refractivity contribution in [3.8, 4) is 0 Å². The van der Waals surface area contributed by atoms with Crippen LogP contribution in [0, 0.1) is 12.8 Å². The zero-order valence-corrected chi connectivity index (χ0v) is 10.5. The highest BCUT2D eigenvalue weighted by Gasteiger charge is 2.27. The van der Waals surface area contributed by atoms with Crippen LogP contribution >= 0.6 is 23.3 Å². The molecule has 1 aromatic heterocycles. The van der Waals surface area contributed by atoms with Crippen molar-refractivity contribution in [2.45, 2.75) is 42.7 Å². The van der Waals surface area contributed by atoms with E-state index in [1.165, 1.54) is 11.5 Å². The van der Waals surface area contributed by atoms with E-state index in [9.17, 15) is 4.79 Å². The number of aromatic nitrogens is 2. The number of carbonyl (C=O) groups is 1. The third-order valence-corrected chi connectivity index (χ3v) is 5.05. The molecule has 0 aromatic carbocycles. The van der Waals surface area contributed by atoms with E-state index in [0.717, 1.165) is 23.0 Å². The predicted molar refractivity (Wildman–Crippen MR) is 62.3 cm³/mol. The van der Waals surface area contributed by atoms with Crippen molar-refractivity contribution in [1.82, 2.24) is 9.36 Å². The molecule has 5 heteroatoms. The Balaban J connectivity index is 2.01. The van der Waals surface area contributed by atoms with Gasteiger partial charge >= 0.3 is 0 Å². The molecule has 0 aliphatic heterocycles. The Morgan fingerprint density at radius 1 is 1.53 bits per heavy atom. The molecule has 0 saturated heterocycles. The van der Waals surface area contributed by atoms with E-state index in [1.54, 1.807) is 11.8 Å². The summed E-state index contributed by atoms with van der Waals surface area (Å²) in [5, 5.41) is 0.401. The molecule has 1 fully saturated rings. The topological polar surface area (TPSA) is 42.9 Å². The number of hydrogen-bond acceptors (Lipinski definition) is 5. The summed E-state index contributed by atoms with van der Waals surface area (Å²) < 4.78 is 5.15. The number of Topliss-reactive ketones (excluding diaryl/α,β-unsaturated/α-hetero) is 1. The molecule has 1 aliphatic rings. The average Bonchev–Trinajstić information content (AvgIpc) is 2.58. The fraction of sp³-hybridized carbons (Fsp3) is 0.700. The first kappa shape index (κ1) is 11.1. The van der Waals surface area contributed by atoms with Gasteiger partial charge in [0.2, 0.25) is 0 Å². The van der Waals surface area contributed by atoms with Gasteiger partial charge in [0, 0.05) is 18.1 Å². The molecule has 3 nitrogen and oxygen atoms in total. The second-order valence-corrected chi connectivity index (χ2v) is 6.26. The van der Waals surface area contributed by atoms with E-state index in [2.05, 4.69) is 16.3 Å². The quantitative estimate of drug-likeness (QED) is 0.799. The Morgan fingerprint density at radius 3 is 3.00 bits per heavy atom. The molecule has 2 atom stereocenters. The Morgan fingerprint density at radius 2 is 2.33 bits per heavy atom. The van der Waals surface area contributed by atoms with Crippen LogP contribution in [0.5, 0.6) is 0 Å². The van der Waals surface area contributed by atoms with Crippen molar-refractivity contribution in [3.05, 3.63) is 5.82 Å². The highest BCUT2D eigenvalue weighted by molar-refractivity contribution is 8.01. The van der Waals surface area contributed by atoms with Crippen LogP contribution in [0.25, 0.3) is 0 Å². The average molecular weight is 242 g/mol. The van der Waals surface area contributed by atoms with Gasteiger partial charge < -0.3 is 0 Å². The zero-order valence-electron chi connectivity index (χ0n) is 8.90. The predicted octanol–water partition coefficient (Wildman–Crippen LogP) is 2.70. The van der Waals surface area contributed by atoms with Crippen LogP contribution in [0.15, 0.2) is 4.34 Å². The molecule has 1 aliphatic carbocycles. The van der Waals surface area contributed by atoms with Crippen LogP contribution < -0.4 is 0 Å². The second-order valence-electron chi connectivity index (χ2n) is 4.02. The lowest BCUT2D eigenvalue weighted by Crippen LogP contribution is -2.24. The van der Waals surface area contributed by atoms with Crippen LogP contribution in [0.3, 0.4) is 0 Å². The van der Waals surface area contributed by atoms with Gasteiger partial charge in [-0.25, -0.2) is 4.98 Å². The van der Waals surface area contributed by atoms with Gasteiger partial charge in [-0.2, -0.15) is 4.37 Å². The smallest absolute Gasteiger partial charge is 0.170 e. The van der Waals surface area contributed by atoms with Crippen molar-refractivity contribution in [1.29, 1.82) is 0 Å². The summed E-state index contributed by atoms with van der Waals surface area (Å²) in [6.45, 7) is 4.12. The van der Waals surface area contributed by atoms with Gasteiger partial charge in [-0.1, -0.05) is 18.7 Å². The van der Waals surface area contributed by atoms with Crippen molar-refractivity contribution in [2.75, 3.05) is 0 Å². The summed E-state index contributed by atoms with van der Waals surface area (Å²) in [4.78, 5) is 15.7. The summed E-state index contributed by atoms with van der Waals surface area (Å²) in [5.41, 5.74) is 0. The molecule has 82 valence electrons. The lowest BCUT2D eigenvalue weighted by molar-refractivity contribution is -0.120. The zero-order chi connectivity index (χ0) is 10.8. The van der Waals surface area contributed by atoms with Crippen molar-refractivity contribution in [2.24, 2.45) is 5.92 Å². The summed E-state index contributed by atoms with van der Waals surface area (Å²) >= 11 is 3.16. The SMILES string of the molecule is Cc1nsc(SC2CC(=O)CCC2C)n1. The molecule has 1 aromatic rings. The van der Waals surface area contributed by atoms with Gasteiger partial charge in [0.05, 0.1) is 0 Å². The fourth-order valence-electron chi connectivity index (χ4n) is 1.72. The minimum atomic E-state index is 0.395. The van der Waals surface area contributed by atoms with Crippen molar-refractivity contribution in [3.63, 3.8) is 0 Å². The maximum absolute atomic E-state index is 11.4. The third kappa shape index (κ3) is 2.78. The Labute approximate surface area is 97.9 Å². The standard InChI is InChI=1S/C10H14N2OS2/c1-6-3-4-8(13)5-9(6)14-10-11-7(2)12-15-10/h6,9H,3-5H2,1-2H3. The minimum Gasteiger partial charge on any atom is -0.300 e. The van der Waals surface area contributed by atoms with E-state index >= 15 is 0 Å². The number of carbonyl (C=O) groups excluding carboxylic acids is 1. The maximum Gasteiger partial charge on any atom is 0.170 e. The van der Waals surface area contributed by atoms with Gasteiger partial charge in [-0.3, -0.25) is 4.79 Å². The Hall–Kier alpha value is -0.420. The summed E-state index contributed by atoms with van der Waals surface area (Å²) in [6, 6.07) is 0. The molecule has 0 radical (unpaired) electrons. The monoisotopic (exact) mass is 242 g/mol. The number of hydrogen-bond donors (Lipinski definition) is 0. The minimum absolute atomic E-state index is 0.395. The van der Waals surface area contributed by atoms with E-state index in [1.807, 2.05) is 6.92 Å². The van der Waals surface area contributed by atoms with E-state index in [0.29, 0.717) is 23.4 Å². The number of ketones is 1. The summed E-state index contributed by atoms with van der Waals surface area (Å²) in [7, 11) is 0. The summed E-state index contributed by atoms with van der Waals surface area (Å²) in [6.07, 6.45) is 2.48. The van der Waals surface area contributed by atoms with Gasteiger partial charge in [0.1, 0.15) is 11.6 Å². The first-order valence-corrected chi connectivity index (χ1v) is 6.79. The summed E-state index contributed by atoms with van der Waals surface area (Å²) in [5.74, 6) is 1.83. The molecular formula is C10H14N2OS2. The molecule has 0 N–H and O–H groups in total. The van der Waals surface area contributed by atoms with Gasteiger partial charge in [0.15, 0.2) is 4.34 Å². The molecule has 2 unspecified atom stereocenters. The Kier molecular flexibility index (Phi) is 3.41. The fourth-order valence-corrected chi connectivity index (χ4v) is 3.88. The van der Waals surface area contributed by atoms with Crippen LogP contribution in [0.2, 0.25) is 0 Å². The molecule has 0 bridgehead atoms. The van der Waals surface area contributed by atoms with Gasteiger partial charge in [0.25, 0.3) is 0 Å². The highest BCUT2D eigenvalue weighted by atomic mass is 32.2. The molecule has 1 saturated carbocycles. The third-order valence-electron chi connectivity index (χ3n) is 2.70. The second kappa shape index (κ2) is 4.61. The number of aryl methyl sites for hydroxylation is 1. The first-order chi connectivity index (χ1) is 7.15. The van der Waals surface area contributed by atoms with Crippen molar-refractivity contribution < 1.29 is 4.79 Å². The van der Waals surface area contributed by atoms with Crippen molar-refractivity contribution >= 4 is 29.1 Å². The molecule has 15 heavy (non-hydrogen) atoms. The van der Waals surface area contributed by atoms with Crippen LogP contribution in [0.4, 0.5) is 0 Å². The van der Waals surface area contributed by atoms with Gasteiger partial charge in [-0.15, -0.1) is 0 Å². The van der Waals surface area contributed by atoms with Crippen LogP contribution in [-0.2, 0) is 4.79 Å². The molecule has 2 rings (SSSR count). The Bertz CT molecular complexity index is 364. The van der Waals surface area contributed by atoms with E-state index < -0.39 is 0 Å². The van der Waals surface area contributed by atoms with Crippen LogP contribution in [-0.4, -0.2) is 20.4 Å². The van der Waals surface area contributed by atoms with E-state index in [4.69, 9.17) is 0 Å². The molecule has 0 amide bonds. The van der Waals surface area contributed by atoms with E-state index in [-0.39, 0.29) is 0 Å². The number of rotatable bonds is 2. The molecule has 0 spiro atoms. The molecular weight excluding hydrogens is 228 g/mol.